The SMILES string of the molecule is Cc1cc(OCC(=O)[O-])ccc1C(C)C. The maximum absolute atomic E-state index is 10.2. The molecule has 82 valence electrons. The molecule has 0 bridgehead atoms. The second-order valence-corrected chi connectivity index (χ2v) is 3.83. The number of hydrogen-bond acceptors (Lipinski definition) is 3. The van der Waals surface area contributed by atoms with Crippen LogP contribution in [0.25, 0.3) is 0 Å². The minimum atomic E-state index is -1.21. The molecule has 0 atom stereocenters. The minimum Gasteiger partial charge on any atom is -0.546 e. The molecule has 0 N–H and O–H groups in total. The number of carboxylic acid groups (broad SMARTS) is 1. The molecule has 0 fully saturated rings. The first-order valence-corrected chi connectivity index (χ1v) is 4.94. The van der Waals surface area contributed by atoms with E-state index in [1.807, 2.05) is 19.1 Å². The lowest BCUT2D eigenvalue weighted by Gasteiger charge is -2.12. The van der Waals surface area contributed by atoms with Crippen molar-refractivity contribution in [2.45, 2.75) is 26.7 Å². The fraction of sp³-hybridized carbons (Fsp3) is 0.417. The first-order valence-electron chi connectivity index (χ1n) is 4.94. The highest BCUT2D eigenvalue weighted by molar-refractivity contribution is 5.66. The van der Waals surface area contributed by atoms with Crippen LogP contribution in [0.1, 0.15) is 30.9 Å². The molecule has 3 nitrogen and oxygen atoms in total. The summed E-state index contributed by atoms with van der Waals surface area (Å²) in [5.74, 6) is -0.179. The highest BCUT2D eigenvalue weighted by Crippen LogP contribution is 2.23. The van der Waals surface area contributed by atoms with Gasteiger partial charge in [0.25, 0.3) is 0 Å². The summed E-state index contributed by atoms with van der Waals surface area (Å²) in [6, 6.07) is 5.59. The Labute approximate surface area is 89.7 Å². The van der Waals surface area contributed by atoms with Crippen LogP contribution in [0.15, 0.2) is 18.2 Å². The number of carbonyl (C=O) groups excluding carboxylic acids is 1. The van der Waals surface area contributed by atoms with Crippen LogP contribution in [0.4, 0.5) is 0 Å². The Morgan fingerprint density at radius 3 is 2.60 bits per heavy atom. The zero-order valence-electron chi connectivity index (χ0n) is 9.24. The van der Waals surface area contributed by atoms with Gasteiger partial charge in [0.15, 0.2) is 0 Å². The summed E-state index contributed by atoms with van der Waals surface area (Å²) in [5, 5.41) is 10.2. The van der Waals surface area contributed by atoms with E-state index in [0.29, 0.717) is 11.7 Å². The van der Waals surface area contributed by atoms with E-state index < -0.39 is 12.6 Å². The average molecular weight is 207 g/mol. The van der Waals surface area contributed by atoms with Gasteiger partial charge in [0.1, 0.15) is 12.4 Å². The van der Waals surface area contributed by atoms with Crippen LogP contribution in [0, 0.1) is 6.92 Å². The Kier molecular flexibility index (Phi) is 3.72. The molecule has 0 aliphatic heterocycles. The van der Waals surface area contributed by atoms with Crippen LogP contribution in [0.2, 0.25) is 0 Å². The zero-order valence-corrected chi connectivity index (χ0v) is 9.24. The minimum absolute atomic E-state index is 0.402. The van der Waals surface area contributed by atoms with Crippen molar-refractivity contribution >= 4 is 5.97 Å². The quantitative estimate of drug-likeness (QED) is 0.746. The average Bonchev–Trinajstić information content (AvgIpc) is 2.14. The van der Waals surface area contributed by atoms with Crippen LogP contribution in [-0.2, 0) is 4.79 Å². The number of hydrogen-bond donors (Lipinski definition) is 0. The molecule has 1 aromatic carbocycles. The fourth-order valence-corrected chi connectivity index (χ4v) is 1.53. The molecule has 15 heavy (non-hydrogen) atoms. The Bertz CT molecular complexity index is 356. The number of rotatable bonds is 4. The second kappa shape index (κ2) is 4.82. The van der Waals surface area contributed by atoms with Crippen LogP contribution in [-0.4, -0.2) is 12.6 Å². The molecule has 0 aliphatic rings. The smallest absolute Gasteiger partial charge is 0.128 e. The lowest BCUT2D eigenvalue weighted by Crippen LogP contribution is -2.28. The van der Waals surface area contributed by atoms with Gasteiger partial charge in [-0.2, -0.15) is 0 Å². The molecule has 1 aromatic rings. The van der Waals surface area contributed by atoms with E-state index in [0.717, 1.165) is 5.56 Å². The van der Waals surface area contributed by atoms with Gasteiger partial charge in [0, 0.05) is 0 Å². The Balaban J connectivity index is 2.77. The van der Waals surface area contributed by atoms with Gasteiger partial charge >= 0.3 is 0 Å². The molecular formula is C12H15O3-. The van der Waals surface area contributed by atoms with Crippen molar-refractivity contribution in [3.05, 3.63) is 29.3 Å². The molecule has 0 heterocycles. The third-order valence-electron chi connectivity index (χ3n) is 2.22. The van der Waals surface area contributed by atoms with Gasteiger partial charge in [-0.1, -0.05) is 19.9 Å². The van der Waals surface area contributed by atoms with E-state index >= 15 is 0 Å². The molecule has 3 heteroatoms. The van der Waals surface area contributed by atoms with Crippen molar-refractivity contribution in [2.24, 2.45) is 0 Å². The number of aryl methyl sites for hydroxylation is 1. The molecule has 0 aromatic heterocycles. The largest absolute Gasteiger partial charge is 0.546 e. The van der Waals surface area contributed by atoms with Crippen molar-refractivity contribution in [1.82, 2.24) is 0 Å². The van der Waals surface area contributed by atoms with Crippen molar-refractivity contribution in [3.63, 3.8) is 0 Å². The zero-order chi connectivity index (χ0) is 11.4. The second-order valence-electron chi connectivity index (χ2n) is 3.83. The van der Waals surface area contributed by atoms with Gasteiger partial charge in [-0.05, 0) is 36.1 Å². The van der Waals surface area contributed by atoms with Crippen molar-refractivity contribution in [3.8, 4) is 5.75 Å². The summed E-state index contributed by atoms with van der Waals surface area (Å²) >= 11 is 0. The van der Waals surface area contributed by atoms with Gasteiger partial charge in [0.2, 0.25) is 0 Å². The molecule has 0 unspecified atom stereocenters. The maximum atomic E-state index is 10.2. The summed E-state index contributed by atoms with van der Waals surface area (Å²) in [6.45, 7) is 5.82. The van der Waals surface area contributed by atoms with E-state index in [9.17, 15) is 9.90 Å². The molecule has 0 amide bonds. The van der Waals surface area contributed by atoms with Gasteiger partial charge < -0.3 is 14.6 Å². The topological polar surface area (TPSA) is 49.4 Å². The molecule has 0 spiro atoms. The van der Waals surface area contributed by atoms with Gasteiger partial charge in [-0.3, -0.25) is 0 Å². The number of carboxylic acids is 1. The van der Waals surface area contributed by atoms with Crippen molar-refractivity contribution in [1.29, 1.82) is 0 Å². The standard InChI is InChI=1S/C12H16O3/c1-8(2)11-5-4-10(6-9(11)3)15-7-12(13)14/h4-6,8H,7H2,1-3H3,(H,13,14)/p-1. The summed E-state index contributed by atoms with van der Waals surface area (Å²) in [6.07, 6.45) is 0. The van der Waals surface area contributed by atoms with E-state index in [1.165, 1.54) is 5.56 Å². The predicted molar refractivity (Wildman–Crippen MR) is 55.8 cm³/mol. The van der Waals surface area contributed by atoms with Gasteiger partial charge in [0.05, 0.1) is 5.97 Å². The highest BCUT2D eigenvalue weighted by Gasteiger charge is 2.04. The summed E-state index contributed by atoms with van der Waals surface area (Å²) in [5.41, 5.74) is 2.36. The highest BCUT2D eigenvalue weighted by atomic mass is 16.5. The van der Waals surface area contributed by atoms with Gasteiger partial charge in [-0.15, -0.1) is 0 Å². The third kappa shape index (κ3) is 3.27. The number of ether oxygens (including phenoxy) is 1. The number of aliphatic carboxylic acids is 1. The third-order valence-corrected chi connectivity index (χ3v) is 2.22. The van der Waals surface area contributed by atoms with E-state index in [2.05, 4.69) is 13.8 Å². The first kappa shape index (κ1) is 11.6. The van der Waals surface area contributed by atoms with Crippen LogP contribution in [0.3, 0.4) is 0 Å². The molecule has 0 saturated carbocycles. The monoisotopic (exact) mass is 207 g/mol. The van der Waals surface area contributed by atoms with Crippen molar-refractivity contribution in [2.75, 3.05) is 6.61 Å². The molecular weight excluding hydrogens is 192 g/mol. The van der Waals surface area contributed by atoms with Crippen molar-refractivity contribution < 1.29 is 14.6 Å². The lowest BCUT2D eigenvalue weighted by molar-refractivity contribution is -0.307. The first-order chi connectivity index (χ1) is 7.00. The van der Waals surface area contributed by atoms with E-state index in [-0.39, 0.29) is 0 Å². The van der Waals surface area contributed by atoms with Crippen LogP contribution < -0.4 is 9.84 Å². The summed E-state index contributed by atoms with van der Waals surface area (Å²) in [4.78, 5) is 10.2. The Morgan fingerprint density at radius 1 is 1.47 bits per heavy atom. The normalized spacial score (nSPS) is 10.4. The molecule has 0 aliphatic carbocycles. The van der Waals surface area contributed by atoms with Crippen LogP contribution >= 0.6 is 0 Å². The molecule has 0 saturated heterocycles. The summed E-state index contributed by atoms with van der Waals surface area (Å²) in [7, 11) is 0. The maximum Gasteiger partial charge on any atom is 0.128 e. The molecule has 1 rings (SSSR count). The molecule has 0 radical (unpaired) electrons. The van der Waals surface area contributed by atoms with Gasteiger partial charge in [-0.25, -0.2) is 0 Å². The lowest BCUT2D eigenvalue weighted by atomic mass is 9.98. The van der Waals surface area contributed by atoms with Crippen LogP contribution in [0.5, 0.6) is 5.75 Å². The van der Waals surface area contributed by atoms with E-state index in [4.69, 9.17) is 4.74 Å². The number of carbonyl (C=O) groups is 1. The Hall–Kier alpha value is -1.51. The summed E-state index contributed by atoms with van der Waals surface area (Å²) < 4.78 is 5.02. The fourth-order valence-electron chi connectivity index (χ4n) is 1.53. The van der Waals surface area contributed by atoms with E-state index in [1.54, 1.807) is 6.07 Å². The predicted octanol–water partition coefficient (Wildman–Crippen LogP) is 1.25. The number of benzene rings is 1. The Morgan fingerprint density at radius 2 is 2.13 bits per heavy atom.